The monoisotopic (exact) mass is 191 g/mol. The Bertz CT molecular complexity index is 434. The summed E-state index contributed by atoms with van der Waals surface area (Å²) >= 11 is 0. The molecule has 0 amide bonds. The Morgan fingerprint density at radius 1 is 1.43 bits per heavy atom. The quantitative estimate of drug-likeness (QED) is 0.746. The van der Waals surface area contributed by atoms with Crippen LogP contribution in [0.2, 0.25) is 0 Å². The van der Waals surface area contributed by atoms with Crippen LogP contribution in [0.5, 0.6) is 0 Å². The van der Waals surface area contributed by atoms with E-state index in [4.69, 9.17) is 9.15 Å². The van der Waals surface area contributed by atoms with Crippen molar-refractivity contribution in [2.45, 2.75) is 13.3 Å². The van der Waals surface area contributed by atoms with E-state index in [1.807, 2.05) is 25.1 Å². The van der Waals surface area contributed by atoms with Gasteiger partial charge in [-0.15, -0.1) is 0 Å². The molecule has 0 aliphatic rings. The fraction of sp³-hybridized carbons (Fsp3) is 0.364. The van der Waals surface area contributed by atoms with Gasteiger partial charge >= 0.3 is 0 Å². The summed E-state index contributed by atoms with van der Waals surface area (Å²) in [6.45, 7) is 2.69. The van der Waals surface area contributed by atoms with E-state index in [0.717, 1.165) is 23.4 Å². The largest absolute Gasteiger partial charge is 0.441 e. The van der Waals surface area contributed by atoms with E-state index in [1.165, 1.54) is 5.56 Å². The van der Waals surface area contributed by atoms with Gasteiger partial charge < -0.3 is 9.15 Å². The van der Waals surface area contributed by atoms with Gasteiger partial charge in [-0.25, -0.2) is 4.98 Å². The van der Waals surface area contributed by atoms with Gasteiger partial charge in [-0.1, -0.05) is 6.07 Å². The molecule has 0 spiro atoms. The lowest BCUT2D eigenvalue weighted by Gasteiger charge is -1.91. The summed E-state index contributed by atoms with van der Waals surface area (Å²) in [6, 6.07) is 6.00. The van der Waals surface area contributed by atoms with Crippen molar-refractivity contribution in [3.05, 3.63) is 29.7 Å². The Balaban J connectivity index is 2.32. The first-order valence-corrected chi connectivity index (χ1v) is 4.64. The van der Waals surface area contributed by atoms with E-state index in [-0.39, 0.29) is 0 Å². The molecule has 0 radical (unpaired) electrons. The van der Waals surface area contributed by atoms with Crippen molar-refractivity contribution in [1.29, 1.82) is 0 Å². The second kappa shape index (κ2) is 3.80. The number of aryl methyl sites for hydroxylation is 1. The van der Waals surface area contributed by atoms with E-state index < -0.39 is 0 Å². The number of nitrogens with zero attached hydrogens (tertiary/aromatic N) is 1. The van der Waals surface area contributed by atoms with Crippen LogP contribution in [-0.4, -0.2) is 18.7 Å². The number of hydrogen-bond acceptors (Lipinski definition) is 3. The fourth-order valence-corrected chi connectivity index (χ4v) is 1.38. The zero-order valence-electron chi connectivity index (χ0n) is 8.41. The third kappa shape index (κ3) is 1.77. The van der Waals surface area contributed by atoms with E-state index in [2.05, 4.69) is 4.98 Å². The van der Waals surface area contributed by atoms with Gasteiger partial charge in [0.25, 0.3) is 0 Å². The van der Waals surface area contributed by atoms with E-state index in [1.54, 1.807) is 7.11 Å². The zero-order valence-corrected chi connectivity index (χ0v) is 8.41. The summed E-state index contributed by atoms with van der Waals surface area (Å²) in [7, 11) is 1.67. The first-order valence-electron chi connectivity index (χ1n) is 4.64. The molecule has 14 heavy (non-hydrogen) atoms. The van der Waals surface area contributed by atoms with Crippen LogP contribution in [0.25, 0.3) is 11.1 Å². The molecular weight excluding hydrogens is 178 g/mol. The molecule has 0 atom stereocenters. The second-order valence-corrected chi connectivity index (χ2v) is 3.32. The summed E-state index contributed by atoms with van der Waals surface area (Å²) in [5.41, 5.74) is 2.97. The Kier molecular flexibility index (Phi) is 2.50. The van der Waals surface area contributed by atoms with Gasteiger partial charge in [0.05, 0.1) is 6.61 Å². The van der Waals surface area contributed by atoms with Crippen LogP contribution in [-0.2, 0) is 11.2 Å². The number of methoxy groups -OCH3 is 1. The summed E-state index contributed by atoms with van der Waals surface area (Å²) in [4.78, 5) is 4.36. The topological polar surface area (TPSA) is 35.3 Å². The third-order valence-corrected chi connectivity index (χ3v) is 2.11. The predicted molar refractivity (Wildman–Crippen MR) is 54.3 cm³/mol. The molecule has 0 saturated heterocycles. The van der Waals surface area contributed by atoms with Gasteiger partial charge in [-0.2, -0.15) is 0 Å². The zero-order chi connectivity index (χ0) is 9.97. The van der Waals surface area contributed by atoms with Crippen molar-refractivity contribution in [2.24, 2.45) is 0 Å². The maximum atomic E-state index is 5.53. The highest BCUT2D eigenvalue weighted by molar-refractivity contribution is 5.73. The molecule has 1 aromatic carbocycles. The van der Waals surface area contributed by atoms with Crippen LogP contribution in [0.3, 0.4) is 0 Å². The van der Waals surface area contributed by atoms with E-state index in [0.29, 0.717) is 6.61 Å². The Morgan fingerprint density at radius 2 is 2.29 bits per heavy atom. The van der Waals surface area contributed by atoms with Gasteiger partial charge in [0, 0.05) is 13.5 Å². The molecule has 74 valence electrons. The molecule has 3 heteroatoms. The van der Waals surface area contributed by atoms with Crippen molar-refractivity contribution in [3.8, 4) is 0 Å². The van der Waals surface area contributed by atoms with Crippen LogP contribution >= 0.6 is 0 Å². The highest BCUT2D eigenvalue weighted by Crippen LogP contribution is 2.16. The second-order valence-electron chi connectivity index (χ2n) is 3.32. The maximum Gasteiger partial charge on any atom is 0.197 e. The molecule has 0 unspecified atom stereocenters. The van der Waals surface area contributed by atoms with Crippen LogP contribution in [0.15, 0.2) is 22.6 Å². The standard InChI is InChI=1S/C11H13NO2/c1-8-3-4-10-9(7-8)12-11(14-10)5-6-13-2/h3-4,7H,5-6H2,1-2H3. The van der Waals surface area contributed by atoms with Gasteiger partial charge in [-0.05, 0) is 24.6 Å². The number of rotatable bonds is 3. The molecule has 1 aromatic heterocycles. The van der Waals surface area contributed by atoms with Gasteiger partial charge in [0.15, 0.2) is 11.5 Å². The average Bonchev–Trinajstić information content (AvgIpc) is 2.56. The van der Waals surface area contributed by atoms with Crippen molar-refractivity contribution >= 4 is 11.1 Å². The number of aromatic nitrogens is 1. The first kappa shape index (κ1) is 9.21. The summed E-state index contributed by atoms with van der Waals surface area (Å²) in [5, 5.41) is 0. The average molecular weight is 191 g/mol. The molecular formula is C11H13NO2. The minimum Gasteiger partial charge on any atom is -0.441 e. The van der Waals surface area contributed by atoms with Crippen molar-refractivity contribution < 1.29 is 9.15 Å². The molecule has 0 saturated carbocycles. The lowest BCUT2D eigenvalue weighted by Crippen LogP contribution is -1.93. The molecule has 3 nitrogen and oxygen atoms in total. The molecule has 0 N–H and O–H groups in total. The van der Waals surface area contributed by atoms with Gasteiger partial charge in [0.2, 0.25) is 0 Å². The third-order valence-electron chi connectivity index (χ3n) is 2.11. The minimum atomic E-state index is 0.645. The van der Waals surface area contributed by atoms with Gasteiger partial charge in [0.1, 0.15) is 5.52 Å². The molecule has 1 heterocycles. The van der Waals surface area contributed by atoms with Crippen molar-refractivity contribution in [1.82, 2.24) is 4.98 Å². The highest BCUT2D eigenvalue weighted by Gasteiger charge is 2.04. The van der Waals surface area contributed by atoms with E-state index >= 15 is 0 Å². The number of oxazole rings is 1. The molecule has 2 aromatic rings. The predicted octanol–water partition coefficient (Wildman–Crippen LogP) is 2.33. The normalized spacial score (nSPS) is 11.0. The molecule has 0 bridgehead atoms. The highest BCUT2D eigenvalue weighted by atomic mass is 16.5. The summed E-state index contributed by atoms with van der Waals surface area (Å²) in [5.74, 6) is 0.743. The maximum absolute atomic E-state index is 5.53. The van der Waals surface area contributed by atoms with Crippen LogP contribution in [0.1, 0.15) is 11.5 Å². The Labute approximate surface area is 82.7 Å². The lowest BCUT2D eigenvalue weighted by atomic mass is 10.2. The smallest absolute Gasteiger partial charge is 0.197 e. The van der Waals surface area contributed by atoms with Crippen LogP contribution < -0.4 is 0 Å². The fourth-order valence-electron chi connectivity index (χ4n) is 1.38. The van der Waals surface area contributed by atoms with Crippen molar-refractivity contribution in [3.63, 3.8) is 0 Å². The number of ether oxygens (including phenoxy) is 1. The number of hydrogen-bond donors (Lipinski definition) is 0. The molecule has 0 aliphatic heterocycles. The molecule has 0 fully saturated rings. The Morgan fingerprint density at radius 3 is 3.07 bits per heavy atom. The van der Waals surface area contributed by atoms with Crippen LogP contribution in [0, 0.1) is 6.92 Å². The SMILES string of the molecule is COCCc1nc2cc(C)ccc2o1. The first-order chi connectivity index (χ1) is 6.79. The molecule has 2 rings (SSSR count). The van der Waals surface area contributed by atoms with Crippen molar-refractivity contribution in [2.75, 3.05) is 13.7 Å². The summed E-state index contributed by atoms with van der Waals surface area (Å²) < 4.78 is 10.5. The van der Waals surface area contributed by atoms with E-state index in [9.17, 15) is 0 Å². The Hall–Kier alpha value is -1.35. The number of fused-ring (bicyclic) bond motifs is 1. The lowest BCUT2D eigenvalue weighted by molar-refractivity contribution is 0.196. The summed E-state index contributed by atoms with van der Waals surface area (Å²) in [6.07, 6.45) is 0.726. The number of benzene rings is 1. The minimum absolute atomic E-state index is 0.645. The molecule has 0 aliphatic carbocycles. The van der Waals surface area contributed by atoms with Crippen LogP contribution in [0.4, 0.5) is 0 Å². The van der Waals surface area contributed by atoms with Gasteiger partial charge in [-0.3, -0.25) is 0 Å².